The topological polar surface area (TPSA) is 65.7 Å². The molecule has 6 nitrogen and oxygen atoms in total. The van der Waals surface area contributed by atoms with Crippen LogP contribution >= 0.6 is 27.5 Å². The lowest BCUT2D eigenvalue weighted by atomic mass is 10.1. The summed E-state index contributed by atoms with van der Waals surface area (Å²) in [6.07, 6.45) is -3.21. The molecule has 11 heteroatoms. The Bertz CT molecular complexity index is 1840. The maximum Gasteiger partial charge on any atom is 0.416 e. The standard InChI is InChI=1S/C31H22BrClF3N3O3/c1-2-41-27-15-20(14-25(33)28(27)42-18-19-10-12-23(32)13-11-19)17-37-39-29(21-6-5-7-22(16-21)31(34,35)36)38-26-9-4-3-8-24(26)30(39)40/h3-17H,2,18H2,1H3. The van der Waals surface area contributed by atoms with Crippen LogP contribution < -0.4 is 15.0 Å². The van der Waals surface area contributed by atoms with Crippen molar-refractivity contribution in [3.05, 3.63) is 121 Å². The van der Waals surface area contributed by atoms with E-state index in [-0.39, 0.29) is 28.4 Å². The molecule has 0 amide bonds. The molecule has 0 unspecified atom stereocenters. The molecular formula is C31H22BrClF3N3O3. The first kappa shape index (κ1) is 29.3. The molecule has 1 heterocycles. The number of benzene rings is 4. The highest BCUT2D eigenvalue weighted by molar-refractivity contribution is 9.10. The van der Waals surface area contributed by atoms with Crippen molar-refractivity contribution >= 4 is 44.6 Å². The minimum absolute atomic E-state index is 0.0494. The fourth-order valence-corrected chi connectivity index (χ4v) is 4.72. The van der Waals surface area contributed by atoms with Crippen LogP contribution in [0.1, 0.15) is 23.6 Å². The zero-order chi connectivity index (χ0) is 29.9. The second-order valence-corrected chi connectivity index (χ2v) is 10.4. The summed E-state index contributed by atoms with van der Waals surface area (Å²) < 4.78 is 54.1. The molecule has 0 atom stereocenters. The van der Waals surface area contributed by atoms with Gasteiger partial charge in [0.25, 0.3) is 5.56 Å². The molecular weight excluding hydrogens is 635 g/mol. The Morgan fingerprint density at radius 2 is 1.76 bits per heavy atom. The largest absolute Gasteiger partial charge is 0.490 e. The lowest BCUT2D eigenvalue weighted by Crippen LogP contribution is -2.20. The molecule has 42 heavy (non-hydrogen) atoms. The second-order valence-electron chi connectivity index (χ2n) is 9.07. The highest BCUT2D eigenvalue weighted by Gasteiger charge is 2.31. The maximum atomic E-state index is 13.5. The number of nitrogens with zero attached hydrogens (tertiary/aromatic N) is 3. The van der Waals surface area contributed by atoms with Crippen molar-refractivity contribution in [1.29, 1.82) is 0 Å². The molecule has 0 radical (unpaired) electrons. The average molecular weight is 657 g/mol. The van der Waals surface area contributed by atoms with Crippen LogP contribution in [0.25, 0.3) is 22.3 Å². The van der Waals surface area contributed by atoms with E-state index in [1.165, 1.54) is 18.3 Å². The Morgan fingerprint density at radius 3 is 2.50 bits per heavy atom. The first-order valence-corrected chi connectivity index (χ1v) is 13.9. The molecule has 1 aromatic heterocycles. The summed E-state index contributed by atoms with van der Waals surface area (Å²) in [5.41, 5.74) is 0.381. The number of para-hydroxylation sites is 1. The zero-order valence-corrected chi connectivity index (χ0v) is 24.4. The molecule has 0 fully saturated rings. The van der Waals surface area contributed by atoms with E-state index < -0.39 is 17.3 Å². The van der Waals surface area contributed by atoms with Crippen molar-refractivity contribution in [1.82, 2.24) is 9.66 Å². The summed E-state index contributed by atoms with van der Waals surface area (Å²) in [6, 6.07) is 22.0. The fourth-order valence-electron chi connectivity index (χ4n) is 4.18. The molecule has 0 saturated carbocycles. The number of fused-ring (bicyclic) bond motifs is 1. The molecule has 214 valence electrons. The van der Waals surface area contributed by atoms with Gasteiger partial charge in [-0.1, -0.05) is 63.9 Å². The Balaban J connectivity index is 1.55. The van der Waals surface area contributed by atoms with Crippen LogP contribution in [0.4, 0.5) is 13.2 Å². The van der Waals surface area contributed by atoms with Crippen molar-refractivity contribution in [3.63, 3.8) is 0 Å². The van der Waals surface area contributed by atoms with Crippen LogP contribution in [0, 0.1) is 0 Å². The van der Waals surface area contributed by atoms with Gasteiger partial charge in [0.1, 0.15) is 6.61 Å². The van der Waals surface area contributed by atoms with Crippen LogP contribution in [-0.4, -0.2) is 22.5 Å². The van der Waals surface area contributed by atoms with Gasteiger partial charge in [0.15, 0.2) is 17.3 Å². The van der Waals surface area contributed by atoms with Gasteiger partial charge in [-0.05, 0) is 66.6 Å². The lowest BCUT2D eigenvalue weighted by molar-refractivity contribution is -0.137. The van der Waals surface area contributed by atoms with Crippen LogP contribution in [0.2, 0.25) is 5.02 Å². The third-order valence-corrected chi connectivity index (χ3v) is 6.96. The number of hydrogen-bond acceptors (Lipinski definition) is 5. The van der Waals surface area contributed by atoms with Crippen molar-refractivity contribution in [2.24, 2.45) is 5.10 Å². The molecule has 5 aromatic rings. The van der Waals surface area contributed by atoms with Gasteiger partial charge in [-0.2, -0.15) is 22.9 Å². The minimum Gasteiger partial charge on any atom is -0.490 e. The molecule has 5 rings (SSSR count). The summed E-state index contributed by atoms with van der Waals surface area (Å²) in [5.74, 6) is 0.657. The van der Waals surface area contributed by atoms with Crippen molar-refractivity contribution in [2.75, 3.05) is 6.61 Å². The number of aromatic nitrogens is 2. The van der Waals surface area contributed by atoms with Gasteiger partial charge >= 0.3 is 6.18 Å². The summed E-state index contributed by atoms with van der Waals surface area (Å²) in [6.45, 7) is 2.40. The predicted octanol–water partition coefficient (Wildman–Crippen LogP) is 8.36. The molecule has 0 N–H and O–H groups in total. The van der Waals surface area contributed by atoms with Gasteiger partial charge < -0.3 is 9.47 Å². The van der Waals surface area contributed by atoms with Crippen molar-refractivity contribution in [3.8, 4) is 22.9 Å². The van der Waals surface area contributed by atoms with Crippen LogP contribution in [-0.2, 0) is 12.8 Å². The first-order chi connectivity index (χ1) is 20.1. The second kappa shape index (κ2) is 12.4. The number of halogens is 5. The van der Waals surface area contributed by atoms with E-state index in [9.17, 15) is 18.0 Å². The Labute approximate surface area is 252 Å². The Hall–Kier alpha value is -4.15. The summed E-state index contributed by atoms with van der Waals surface area (Å²) in [7, 11) is 0. The Kier molecular flexibility index (Phi) is 8.65. The first-order valence-electron chi connectivity index (χ1n) is 12.7. The monoisotopic (exact) mass is 655 g/mol. The average Bonchev–Trinajstić information content (AvgIpc) is 2.97. The quantitative estimate of drug-likeness (QED) is 0.158. The molecule has 4 aromatic carbocycles. The van der Waals surface area contributed by atoms with Gasteiger partial charge in [0.2, 0.25) is 0 Å². The van der Waals surface area contributed by atoms with E-state index in [1.54, 1.807) is 36.4 Å². The molecule has 0 bridgehead atoms. The Morgan fingerprint density at radius 1 is 1.00 bits per heavy atom. The summed E-state index contributed by atoms with van der Waals surface area (Å²) in [4.78, 5) is 18.0. The fraction of sp³-hybridized carbons (Fsp3) is 0.129. The maximum absolute atomic E-state index is 13.5. The number of ether oxygens (including phenoxy) is 2. The van der Waals surface area contributed by atoms with E-state index in [2.05, 4.69) is 26.0 Å². The van der Waals surface area contributed by atoms with E-state index in [1.807, 2.05) is 31.2 Å². The molecule has 0 aliphatic heterocycles. The van der Waals surface area contributed by atoms with Gasteiger partial charge in [-0.15, -0.1) is 0 Å². The summed E-state index contributed by atoms with van der Waals surface area (Å²) >= 11 is 9.98. The highest BCUT2D eigenvalue weighted by atomic mass is 79.9. The van der Waals surface area contributed by atoms with E-state index in [4.69, 9.17) is 21.1 Å². The third-order valence-electron chi connectivity index (χ3n) is 6.15. The molecule has 0 spiro atoms. The molecule has 0 saturated heterocycles. The van der Waals surface area contributed by atoms with E-state index >= 15 is 0 Å². The minimum atomic E-state index is -4.57. The molecule has 0 aliphatic carbocycles. The normalized spacial score (nSPS) is 11.8. The van der Waals surface area contributed by atoms with Crippen LogP contribution in [0.15, 0.2) is 99.3 Å². The SMILES string of the molecule is CCOc1cc(C=Nn2c(-c3cccc(C(F)(F)F)c3)nc3ccccc3c2=O)cc(Cl)c1OCc1ccc(Br)cc1. The zero-order valence-electron chi connectivity index (χ0n) is 22.0. The number of hydrogen-bond donors (Lipinski definition) is 0. The van der Waals surface area contributed by atoms with Gasteiger partial charge in [-0.25, -0.2) is 4.98 Å². The summed E-state index contributed by atoms with van der Waals surface area (Å²) in [5, 5.41) is 4.85. The number of rotatable bonds is 8. The van der Waals surface area contributed by atoms with Crippen molar-refractivity contribution < 1.29 is 22.6 Å². The van der Waals surface area contributed by atoms with Crippen LogP contribution in [0.3, 0.4) is 0 Å². The molecule has 0 aliphatic rings. The van der Waals surface area contributed by atoms with Crippen molar-refractivity contribution in [2.45, 2.75) is 19.7 Å². The predicted molar refractivity (Wildman–Crippen MR) is 161 cm³/mol. The van der Waals surface area contributed by atoms with Gasteiger partial charge in [0, 0.05) is 10.0 Å². The van der Waals surface area contributed by atoms with Crippen LogP contribution in [0.5, 0.6) is 11.5 Å². The highest BCUT2D eigenvalue weighted by Crippen LogP contribution is 2.37. The van der Waals surface area contributed by atoms with Gasteiger partial charge in [0.05, 0.1) is 34.3 Å². The lowest BCUT2D eigenvalue weighted by Gasteiger charge is -2.15. The number of alkyl halides is 3. The van der Waals surface area contributed by atoms with E-state index in [0.29, 0.717) is 29.2 Å². The van der Waals surface area contributed by atoms with E-state index in [0.717, 1.165) is 26.8 Å². The third kappa shape index (κ3) is 6.50. The van der Waals surface area contributed by atoms with Gasteiger partial charge in [-0.3, -0.25) is 4.79 Å². The smallest absolute Gasteiger partial charge is 0.416 e.